The van der Waals surface area contributed by atoms with Gasteiger partial charge in [-0.05, 0) is 59.9 Å². The van der Waals surface area contributed by atoms with Crippen molar-refractivity contribution in [3.05, 3.63) is 35.4 Å². The molecule has 0 fully saturated rings. The van der Waals surface area contributed by atoms with Crippen molar-refractivity contribution in [1.82, 2.24) is 15.5 Å². The Bertz CT molecular complexity index is 755. The number of hydrogen-bond acceptors (Lipinski definition) is 4. The largest absolute Gasteiger partial charge is 0.444 e. The Labute approximate surface area is 193 Å². The van der Waals surface area contributed by atoms with Gasteiger partial charge in [0.15, 0.2) is 0 Å². The van der Waals surface area contributed by atoms with Crippen molar-refractivity contribution in [2.75, 3.05) is 6.54 Å². The summed E-state index contributed by atoms with van der Waals surface area (Å²) in [5, 5.41) is 5.59. The van der Waals surface area contributed by atoms with Gasteiger partial charge in [-0.25, -0.2) is 4.79 Å². The van der Waals surface area contributed by atoms with Gasteiger partial charge >= 0.3 is 6.09 Å². The Morgan fingerprint density at radius 1 is 1.06 bits per heavy atom. The highest BCUT2D eigenvalue weighted by molar-refractivity contribution is 5.90. The van der Waals surface area contributed by atoms with E-state index in [2.05, 4.69) is 17.6 Å². The Hall–Kier alpha value is -2.57. The summed E-state index contributed by atoms with van der Waals surface area (Å²) in [5.41, 5.74) is 1.14. The normalized spacial score (nSPS) is 14.1. The number of benzene rings is 1. The second-order valence-electron chi connectivity index (χ2n) is 9.43. The number of aryl methyl sites for hydroxylation is 1. The third-order valence-corrected chi connectivity index (χ3v) is 5.17. The maximum Gasteiger partial charge on any atom is 0.408 e. The number of alkyl carbamates (subject to hydrolysis) is 1. The monoisotopic (exact) mass is 447 g/mol. The number of hydrogen-bond donors (Lipinski definition) is 2. The van der Waals surface area contributed by atoms with Gasteiger partial charge in [0, 0.05) is 12.1 Å². The van der Waals surface area contributed by atoms with Crippen molar-refractivity contribution in [3.63, 3.8) is 0 Å². The average molecular weight is 448 g/mol. The molecule has 0 saturated carbocycles. The van der Waals surface area contributed by atoms with Gasteiger partial charge in [-0.3, -0.25) is 9.59 Å². The van der Waals surface area contributed by atoms with Crippen LogP contribution < -0.4 is 10.6 Å². The van der Waals surface area contributed by atoms with E-state index >= 15 is 0 Å². The molecule has 0 bridgehead atoms. The summed E-state index contributed by atoms with van der Waals surface area (Å²) in [7, 11) is 0. The molecule has 1 aromatic rings. The molecule has 0 spiro atoms. The zero-order chi connectivity index (χ0) is 24.5. The standard InChI is InChI=1S/C25H41N3O4/c1-9-11-18(4)27-23(30)22(20-14-12-17(3)13-15-20)28(19(5)10-2)21(29)16-26-24(31)32-25(6,7)8/h12-15,18-19,22H,9-11,16H2,1-8H3,(H,26,31)(H,27,30). The number of amides is 3. The summed E-state index contributed by atoms with van der Waals surface area (Å²) >= 11 is 0. The van der Waals surface area contributed by atoms with Gasteiger partial charge in [0.25, 0.3) is 0 Å². The smallest absolute Gasteiger partial charge is 0.408 e. The first-order valence-electron chi connectivity index (χ1n) is 11.5. The summed E-state index contributed by atoms with van der Waals surface area (Å²) in [6, 6.07) is 6.63. The zero-order valence-electron chi connectivity index (χ0n) is 21.0. The average Bonchev–Trinajstić information content (AvgIpc) is 2.69. The Morgan fingerprint density at radius 2 is 1.66 bits per heavy atom. The fraction of sp³-hybridized carbons (Fsp3) is 0.640. The summed E-state index contributed by atoms with van der Waals surface area (Å²) in [6.45, 7) is 14.9. The number of nitrogens with zero attached hydrogens (tertiary/aromatic N) is 1. The Morgan fingerprint density at radius 3 is 2.16 bits per heavy atom. The first kappa shape index (κ1) is 27.5. The van der Waals surface area contributed by atoms with E-state index in [0.717, 1.165) is 24.0 Å². The summed E-state index contributed by atoms with van der Waals surface area (Å²) in [6.07, 6.45) is 1.80. The molecule has 3 unspecified atom stereocenters. The van der Waals surface area contributed by atoms with E-state index in [0.29, 0.717) is 6.42 Å². The highest BCUT2D eigenvalue weighted by Gasteiger charge is 2.34. The summed E-state index contributed by atoms with van der Waals surface area (Å²) < 4.78 is 5.24. The minimum Gasteiger partial charge on any atom is -0.444 e. The predicted octanol–water partition coefficient (Wildman–Crippen LogP) is 4.49. The molecule has 2 N–H and O–H groups in total. The molecule has 1 rings (SSSR count). The molecule has 0 aliphatic rings. The molecule has 7 nitrogen and oxygen atoms in total. The van der Waals surface area contributed by atoms with E-state index in [1.807, 2.05) is 52.0 Å². The number of rotatable bonds is 10. The lowest BCUT2D eigenvalue weighted by Crippen LogP contribution is -2.52. The van der Waals surface area contributed by atoms with E-state index in [9.17, 15) is 14.4 Å². The second-order valence-corrected chi connectivity index (χ2v) is 9.43. The van der Waals surface area contributed by atoms with Crippen LogP contribution in [0, 0.1) is 6.92 Å². The molecule has 3 atom stereocenters. The second kappa shape index (κ2) is 12.5. The Kier molecular flexibility index (Phi) is 10.7. The highest BCUT2D eigenvalue weighted by atomic mass is 16.6. The van der Waals surface area contributed by atoms with Crippen LogP contribution in [-0.4, -0.2) is 47.0 Å². The number of nitrogens with one attached hydrogen (secondary N) is 2. The quantitative estimate of drug-likeness (QED) is 0.553. The van der Waals surface area contributed by atoms with Crippen LogP contribution in [0.25, 0.3) is 0 Å². The third kappa shape index (κ3) is 8.89. The van der Waals surface area contributed by atoms with Crippen LogP contribution in [0.3, 0.4) is 0 Å². The molecule has 7 heteroatoms. The molecule has 32 heavy (non-hydrogen) atoms. The number of ether oxygens (including phenoxy) is 1. The van der Waals surface area contributed by atoms with Gasteiger partial charge < -0.3 is 20.3 Å². The molecule has 0 aromatic heterocycles. The van der Waals surface area contributed by atoms with Crippen molar-refractivity contribution in [1.29, 1.82) is 0 Å². The van der Waals surface area contributed by atoms with Crippen molar-refractivity contribution in [2.45, 2.75) is 98.4 Å². The molecule has 0 radical (unpaired) electrons. The van der Waals surface area contributed by atoms with Gasteiger partial charge in [0.2, 0.25) is 11.8 Å². The van der Waals surface area contributed by atoms with Crippen molar-refractivity contribution >= 4 is 17.9 Å². The maximum absolute atomic E-state index is 13.4. The van der Waals surface area contributed by atoms with Crippen LogP contribution in [-0.2, 0) is 14.3 Å². The maximum atomic E-state index is 13.4. The van der Waals surface area contributed by atoms with Crippen LogP contribution in [0.15, 0.2) is 24.3 Å². The third-order valence-electron chi connectivity index (χ3n) is 5.17. The fourth-order valence-corrected chi connectivity index (χ4v) is 3.41. The first-order valence-corrected chi connectivity index (χ1v) is 11.5. The number of carbonyl (C=O) groups is 3. The van der Waals surface area contributed by atoms with Crippen LogP contribution in [0.1, 0.15) is 84.9 Å². The molecule has 3 amide bonds. The molecular weight excluding hydrogens is 406 g/mol. The lowest BCUT2D eigenvalue weighted by molar-refractivity contribution is -0.143. The molecular formula is C25H41N3O4. The predicted molar refractivity (Wildman–Crippen MR) is 127 cm³/mol. The van der Waals surface area contributed by atoms with Crippen molar-refractivity contribution < 1.29 is 19.1 Å². The van der Waals surface area contributed by atoms with Crippen LogP contribution in [0.4, 0.5) is 4.79 Å². The van der Waals surface area contributed by atoms with Gasteiger partial charge in [0.1, 0.15) is 18.2 Å². The van der Waals surface area contributed by atoms with Crippen LogP contribution in [0.2, 0.25) is 0 Å². The molecule has 0 aliphatic carbocycles. The Balaban J connectivity index is 3.21. The minimum atomic E-state index is -0.794. The number of carbonyl (C=O) groups excluding carboxylic acids is 3. The first-order chi connectivity index (χ1) is 14.9. The van der Waals surface area contributed by atoms with Crippen LogP contribution in [0.5, 0.6) is 0 Å². The van der Waals surface area contributed by atoms with E-state index in [-0.39, 0.29) is 30.4 Å². The minimum absolute atomic E-state index is 0.00535. The summed E-state index contributed by atoms with van der Waals surface area (Å²) in [4.78, 5) is 40.3. The van der Waals surface area contributed by atoms with Gasteiger partial charge in [-0.15, -0.1) is 0 Å². The molecule has 0 aliphatic heterocycles. The van der Waals surface area contributed by atoms with E-state index in [1.165, 1.54) is 0 Å². The zero-order valence-corrected chi connectivity index (χ0v) is 21.0. The molecule has 180 valence electrons. The van der Waals surface area contributed by atoms with Gasteiger partial charge in [0.05, 0.1) is 0 Å². The van der Waals surface area contributed by atoms with Crippen LogP contribution >= 0.6 is 0 Å². The van der Waals surface area contributed by atoms with Gasteiger partial charge in [-0.2, -0.15) is 0 Å². The van der Waals surface area contributed by atoms with E-state index < -0.39 is 17.7 Å². The lowest BCUT2D eigenvalue weighted by Gasteiger charge is -2.36. The highest BCUT2D eigenvalue weighted by Crippen LogP contribution is 2.26. The topological polar surface area (TPSA) is 87.7 Å². The summed E-state index contributed by atoms with van der Waals surface area (Å²) in [5.74, 6) is -0.560. The fourth-order valence-electron chi connectivity index (χ4n) is 3.41. The SMILES string of the molecule is CCCC(C)NC(=O)C(c1ccc(C)cc1)N(C(=O)CNC(=O)OC(C)(C)C)C(C)CC. The lowest BCUT2D eigenvalue weighted by atomic mass is 9.99. The van der Waals surface area contributed by atoms with Crippen molar-refractivity contribution in [2.24, 2.45) is 0 Å². The molecule has 0 heterocycles. The molecule has 0 saturated heterocycles. The molecule has 1 aromatic carbocycles. The van der Waals surface area contributed by atoms with E-state index in [4.69, 9.17) is 4.74 Å². The van der Waals surface area contributed by atoms with E-state index in [1.54, 1.807) is 25.7 Å². The van der Waals surface area contributed by atoms with Gasteiger partial charge in [-0.1, -0.05) is 50.1 Å². The van der Waals surface area contributed by atoms with Crippen molar-refractivity contribution in [3.8, 4) is 0 Å².